The van der Waals surface area contributed by atoms with Crippen LogP contribution in [0.15, 0.2) is 78.9 Å². The van der Waals surface area contributed by atoms with E-state index in [2.05, 4.69) is 10.6 Å². The van der Waals surface area contributed by atoms with Crippen LogP contribution in [0.25, 0.3) is 0 Å². The zero-order chi connectivity index (χ0) is 22.1. The van der Waals surface area contributed by atoms with Crippen molar-refractivity contribution in [2.24, 2.45) is 0 Å². The van der Waals surface area contributed by atoms with Crippen LogP contribution in [0.3, 0.4) is 0 Å². The van der Waals surface area contributed by atoms with Gasteiger partial charge in [0.15, 0.2) is 6.61 Å². The summed E-state index contributed by atoms with van der Waals surface area (Å²) in [6.45, 7) is 4.23. The Balaban J connectivity index is 1.59. The van der Waals surface area contributed by atoms with E-state index in [4.69, 9.17) is 9.47 Å². The molecule has 160 valence electrons. The van der Waals surface area contributed by atoms with Crippen LogP contribution in [0.2, 0.25) is 0 Å². The molecule has 2 amide bonds. The predicted molar refractivity (Wildman–Crippen MR) is 121 cm³/mol. The second kappa shape index (κ2) is 10.8. The quantitative estimate of drug-likeness (QED) is 0.533. The van der Waals surface area contributed by atoms with Gasteiger partial charge in [-0.15, -0.1) is 0 Å². The van der Waals surface area contributed by atoms with Crippen molar-refractivity contribution in [3.8, 4) is 11.5 Å². The Morgan fingerprint density at radius 1 is 0.839 bits per heavy atom. The lowest BCUT2D eigenvalue weighted by Crippen LogP contribution is -2.28. The highest BCUT2D eigenvalue weighted by Gasteiger charge is 2.16. The summed E-state index contributed by atoms with van der Waals surface area (Å²) in [5.41, 5.74) is 1.82. The number of hydrogen-bond acceptors (Lipinski definition) is 4. The van der Waals surface area contributed by atoms with Crippen molar-refractivity contribution in [2.75, 3.05) is 18.5 Å². The molecule has 0 aliphatic heterocycles. The Labute approximate surface area is 182 Å². The maximum absolute atomic E-state index is 12.8. The lowest BCUT2D eigenvalue weighted by molar-refractivity contribution is -0.118. The number of amides is 2. The van der Waals surface area contributed by atoms with Gasteiger partial charge in [0.05, 0.1) is 23.9 Å². The number of carbonyl (C=O) groups excluding carboxylic acids is 2. The first kappa shape index (κ1) is 21.9. The second-order valence-electron chi connectivity index (χ2n) is 6.89. The van der Waals surface area contributed by atoms with Crippen LogP contribution in [0, 0.1) is 0 Å². The highest BCUT2D eigenvalue weighted by atomic mass is 16.5. The van der Waals surface area contributed by atoms with Crippen molar-refractivity contribution in [1.82, 2.24) is 5.32 Å². The molecule has 2 N–H and O–H groups in total. The van der Waals surface area contributed by atoms with Gasteiger partial charge in [0.2, 0.25) is 0 Å². The molecule has 0 aromatic heterocycles. The van der Waals surface area contributed by atoms with E-state index in [0.29, 0.717) is 23.6 Å². The zero-order valence-corrected chi connectivity index (χ0v) is 17.6. The average Bonchev–Trinajstić information content (AvgIpc) is 2.79. The van der Waals surface area contributed by atoms with Crippen LogP contribution in [0.4, 0.5) is 5.69 Å². The van der Waals surface area contributed by atoms with Gasteiger partial charge in [-0.3, -0.25) is 9.59 Å². The van der Waals surface area contributed by atoms with Gasteiger partial charge in [0, 0.05) is 0 Å². The van der Waals surface area contributed by atoms with Crippen LogP contribution >= 0.6 is 0 Å². The molecule has 3 rings (SSSR count). The third-order valence-electron chi connectivity index (χ3n) is 4.60. The van der Waals surface area contributed by atoms with Crippen molar-refractivity contribution in [3.05, 3.63) is 90.0 Å². The zero-order valence-electron chi connectivity index (χ0n) is 17.6. The molecule has 3 aromatic rings. The van der Waals surface area contributed by atoms with Gasteiger partial charge in [-0.2, -0.15) is 0 Å². The molecule has 0 aliphatic carbocycles. The first-order valence-electron chi connectivity index (χ1n) is 10.2. The first-order valence-corrected chi connectivity index (χ1v) is 10.2. The van der Waals surface area contributed by atoms with Crippen LogP contribution < -0.4 is 20.1 Å². The van der Waals surface area contributed by atoms with E-state index in [1.807, 2.05) is 44.2 Å². The molecule has 6 heteroatoms. The van der Waals surface area contributed by atoms with E-state index < -0.39 is 0 Å². The maximum Gasteiger partial charge on any atom is 0.262 e. The standard InChI is InChI=1S/C25H26N2O4/c1-3-30-20-13-15-21(16-14-20)31-17-24(28)27-23-12-8-7-11-22(23)25(29)26-18(2)19-9-5-4-6-10-19/h4-16,18H,3,17H2,1-2H3,(H,26,29)(H,27,28)/t18-/m1/s1. The lowest BCUT2D eigenvalue weighted by Gasteiger charge is -2.16. The fraction of sp³-hybridized carbons (Fsp3) is 0.200. The summed E-state index contributed by atoms with van der Waals surface area (Å²) in [7, 11) is 0. The Morgan fingerprint density at radius 3 is 2.13 bits per heavy atom. The fourth-order valence-corrected chi connectivity index (χ4v) is 3.02. The summed E-state index contributed by atoms with van der Waals surface area (Å²) in [6, 6.07) is 23.5. The molecule has 0 saturated heterocycles. The average molecular weight is 418 g/mol. The molecular formula is C25H26N2O4. The molecule has 0 aliphatic rings. The van der Waals surface area contributed by atoms with E-state index >= 15 is 0 Å². The van der Waals surface area contributed by atoms with E-state index in [1.54, 1.807) is 48.5 Å². The highest BCUT2D eigenvalue weighted by Crippen LogP contribution is 2.19. The number of nitrogens with one attached hydrogen (secondary N) is 2. The van der Waals surface area contributed by atoms with Crippen LogP contribution in [0.5, 0.6) is 11.5 Å². The van der Waals surface area contributed by atoms with Crippen molar-refractivity contribution in [2.45, 2.75) is 19.9 Å². The largest absolute Gasteiger partial charge is 0.494 e. The molecule has 0 spiro atoms. The van der Waals surface area contributed by atoms with Gasteiger partial charge in [-0.05, 0) is 55.8 Å². The van der Waals surface area contributed by atoms with Crippen LogP contribution in [-0.4, -0.2) is 25.0 Å². The number of benzene rings is 3. The second-order valence-corrected chi connectivity index (χ2v) is 6.89. The molecule has 1 atom stereocenters. The molecule has 0 bridgehead atoms. The minimum atomic E-state index is -0.356. The molecule has 0 radical (unpaired) electrons. The predicted octanol–water partition coefficient (Wildman–Crippen LogP) is 4.59. The molecule has 31 heavy (non-hydrogen) atoms. The Kier molecular flexibility index (Phi) is 7.65. The van der Waals surface area contributed by atoms with E-state index in [9.17, 15) is 9.59 Å². The molecule has 0 saturated carbocycles. The number of anilines is 1. The van der Waals surface area contributed by atoms with Crippen molar-refractivity contribution >= 4 is 17.5 Å². The minimum absolute atomic E-state index is 0.166. The van der Waals surface area contributed by atoms with Gasteiger partial charge < -0.3 is 20.1 Å². The smallest absolute Gasteiger partial charge is 0.262 e. The van der Waals surface area contributed by atoms with E-state index in [0.717, 1.165) is 11.3 Å². The van der Waals surface area contributed by atoms with Gasteiger partial charge in [-0.25, -0.2) is 0 Å². The number of hydrogen-bond donors (Lipinski definition) is 2. The summed E-state index contributed by atoms with van der Waals surface area (Å²) >= 11 is 0. The highest BCUT2D eigenvalue weighted by molar-refractivity contribution is 6.04. The third kappa shape index (κ3) is 6.34. The molecular weight excluding hydrogens is 392 g/mol. The Hall–Kier alpha value is -3.80. The van der Waals surface area contributed by atoms with Crippen LogP contribution in [0.1, 0.15) is 35.8 Å². The Bertz CT molecular complexity index is 1000. The van der Waals surface area contributed by atoms with Gasteiger partial charge in [0.1, 0.15) is 11.5 Å². The van der Waals surface area contributed by atoms with E-state index in [1.165, 1.54) is 0 Å². The number of carbonyl (C=O) groups is 2. The fourth-order valence-electron chi connectivity index (χ4n) is 3.02. The first-order chi connectivity index (χ1) is 15.1. The molecule has 3 aromatic carbocycles. The van der Waals surface area contributed by atoms with Crippen molar-refractivity contribution < 1.29 is 19.1 Å². The number of rotatable bonds is 9. The van der Waals surface area contributed by atoms with Crippen molar-refractivity contribution in [1.29, 1.82) is 0 Å². The number of ether oxygens (including phenoxy) is 2. The molecule has 0 unspecified atom stereocenters. The monoisotopic (exact) mass is 418 g/mol. The third-order valence-corrected chi connectivity index (χ3v) is 4.60. The molecule has 0 heterocycles. The SMILES string of the molecule is CCOc1ccc(OCC(=O)Nc2ccccc2C(=O)N[C@H](C)c2ccccc2)cc1. The summed E-state index contributed by atoms with van der Waals surface area (Å²) in [5, 5.41) is 5.72. The summed E-state index contributed by atoms with van der Waals surface area (Å²) in [6.07, 6.45) is 0. The maximum atomic E-state index is 12.8. The minimum Gasteiger partial charge on any atom is -0.494 e. The van der Waals surface area contributed by atoms with E-state index in [-0.39, 0.29) is 24.5 Å². The van der Waals surface area contributed by atoms with Gasteiger partial charge in [-0.1, -0.05) is 42.5 Å². The van der Waals surface area contributed by atoms with Crippen molar-refractivity contribution in [3.63, 3.8) is 0 Å². The normalized spacial score (nSPS) is 11.3. The Morgan fingerprint density at radius 2 is 1.45 bits per heavy atom. The summed E-state index contributed by atoms with van der Waals surface area (Å²) < 4.78 is 10.9. The molecule has 0 fully saturated rings. The number of para-hydroxylation sites is 1. The van der Waals surface area contributed by atoms with Gasteiger partial charge in [0.25, 0.3) is 11.8 Å². The summed E-state index contributed by atoms with van der Waals surface area (Å²) in [4.78, 5) is 25.2. The lowest BCUT2D eigenvalue weighted by atomic mass is 10.1. The molecule has 6 nitrogen and oxygen atoms in total. The topological polar surface area (TPSA) is 76.7 Å². The van der Waals surface area contributed by atoms with Crippen LogP contribution in [-0.2, 0) is 4.79 Å². The summed E-state index contributed by atoms with van der Waals surface area (Å²) in [5.74, 6) is 0.676. The van der Waals surface area contributed by atoms with Gasteiger partial charge >= 0.3 is 0 Å².